The Morgan fingerprint density at radius 3 is 2.68 bits per heavy atom. The number of aliphatic imine (C=N–C) groups is 1. The molecule has 2 atom stereocenters. The predicted octanol–water partition coefficient (Wildman–Crippen LogP) is 5.56. The molecule has 3 aromatic rings. The van der Waals surface area contributed by atoms with Crippen LogP contribution in [-0.2, 0) is 22.6 Å². The fourth-order valence-corrected chi connectivity index (χ4v) is 4.39. The molecule has 1 aliphatic rings. The number of nitrogens with one attached hydrogen (secondary N) is 1. The van der Waals surface area contributed by atoms with E-state index in [4.69, 9.17) is 26.3 Å². The highest BCUT2D eigenvalue weighted by Crippen LogP contribution is 2.31. The van der Waals surface area contributed by atoms with Gasteiger partial charge in [0.15, 0.2) is 0 Å². The van der Waals surface area contributed by atoms with E-state index in [2.05, 4.69) is 10.3 Å². The van der Waals surface area contributed by atoms with Crippen LogP contribution in [0.5, 0.6) is 5.75 Å². The molecule has 0 saturated heterocycles. The van der Waals surface area contributed by atoms with Gasteiger partial charge in [-0.15, -0.1) is 0 Å². The zero-order valence-corrected chi connectivity index (χ0v) is 20.7. The second-order valence-corrected chi connectivity index (χ2v) is 8.88. The number of benzene rings is 3. The van der Waals surface area contributed by atoms with Gasteiger partial charge >= 0.3 is 12.0 Å². The third kappa shape index (κ3) is 6.32. The summed E-state index contributed by atoms with van der Waals surface area (Å²) in [6.45, 7) is -0.177. The molecule has 3 aromatic carbocycles. The Bertz CT molecular complexity index is 1400. The number of rotatable bonds is 8. The van der Waals surface area contributed by atoms with Gasteiger partial charge in [0, 0.05) is 10.7 Å². The number of amides is 2. The van der Waals surface area contributed by atoms with Gasteiger partial charge in [0.1, 0.15) is 30.2 Å². The number of carbonyl (C=O) groups is 2. The van der Waals surface area contributed by atoms with E-state index in [0.29, 0.717) is 40.5 Å². The molecule has 0 radical (unpaired) electrons. The number of carbonyl (C=O) groups excluding carboxylic acids is 2. The average Bonchev–Trinajstić information content (AvgIpc) is 2.91. The lowest BCUT2D eigenvalue weighted by Gasteiger charge is -2.31. The Balaban J connectivity index is 1.61. The highest BCUT2D eigenvalue weighted by atomic mass is 35.5. The van der Waals surface area contributed by atoms with Crippen molar-refractivity contribution in [2.75, 3.05) is 7.11 Å². The van der Waals surface area contributed by atoms with E-state index in [1.54, 1.807) is 37.4 Å². The molecule has 1 N–H and O–H groups in total. The third-order valence-corrected chi connectivity index (χ3v) is 6.25. The van der Waals surface area contributed by atoms with Crippen molar-refractivity contribution in [3.63, 3.8) is 0 Å². The fraction of sp³-hybridized carbons (Fsp3) is 0.214. The zero-order valence-electron chi connectivity index (χ0n) is 19.9. The Hall–Kier alpha value is -4.22. The number of esters is 1. The zero-order chi connectivity index (χ0) is 26.4. The summed E-state index contributed by atoms with van der Waals surface area (Å²) in [7, 11) is 1.58. The Morgan fingerprint density at radius 1 is 1.11 bits per heavy atom. The van der Waals surface area contributed by atoms with Gasteiger partial charge in [-0.1, -0.05) is 41.9 Å². The first-order valence-electron chi connectivity index (χ1n) is 11.5. The summed E-state index contributed by atoms with van der Waals surface area (Å²) in [5.41, 5.74) is 2.27. The van der Waals surface area contributed by atoms with E-state index in [-0.39, 0.29) is 12.2 Å². The smallest absolute Gasteiger partial charge is 0.341 e. The lowest BCUT2D eigenvalue weighted by atomic mass is 9.85. The standard InChI is InChI=1S/C28H23ClFN3O4/c1-36-22-7-2-4-17(13-22)9-11-24-25(26(33-28(35)32-24)19-5-3-6-21(29)14-19)27(34)37-16-18-8-10-23(30)20(12-18)15-31/h2-8,10,12-14,25-26H,9,11,16H2,1H3,(H,33,35). The monoisotopic (exact) mass is 519 g/mol. The van der Waals surface area contributed by atoms with Crippen LogP contribution in [0.15, 0.2) is 71.7 Å². The first-order valence-corrected chi connectivity index (χ1v) is 11.9. The van der Waals surface area contributed by atoms with Gasteiger partial charge in [-0.2, -0.15) is 5.26 Å². The summed E-state index contributed by atoms with van der Waals surface area (Å²) in [6, 6.07) is 18.8. The summed E-state index contributed by atoms with van der Waals surface area (Å²) in [5, 5.41) is 12.3. The van der Waals surface area contributed by atoms with E-state index in [9.17, 15) is 14.0 Å². The molecule has 0 spiro atoms. The molecule has 0 saturated carbocycles. The van der Waals surface area contributed by atoms with Crippen molar-refractivity contribution in [2.24, 2.45) is 10.9 Å². The van der Waals surface area contributed by atoms with Crippen LogP contribution in [0.2, 0.25) is 5.02 Å². The van der Waals surface area contributed by atoms with Crippen molar-refractivity contribution in [1.82, 2.24) is 5.32 Å². The number of methoxy groups -OCH3 is 1. The summed E-state index contributed by atoms with van der Waals surface area (Å²) >= 11 is 6.19. The first-order chi connectivity index (χ1) is 17.9. The van der Waals surface area contributed by atoms with Gasteiger partial charge in [-0.05, 0) is 65.9 Å². The van der Waals surface area contributed by atoms with Crippen molar-refractivity contribution >= 4 is 29.3 Å². The number of aryl methyl sites for hydroxylation is 1. The van der Waals surface area contributed by atoms with Crippen molar-refractivity contribution < 1.29 is 23.5 Å². The molecule has 2 unspecified atom stereocenters. The summed E-state index contributed by atoms with van der Waals surface area (Å²) < 4.78 is 24.6. The molecule has 0 aromatic heterocycles. The molecule has 9 heteroatoms. The summed E-state index contributed by atoms with van der Waals surface area (Å²) in [4.78, 5) is 30.1. The van der Waals surface area contributed by atoms with Gasteiger partial charge in [-0.3, -0.25) is 4.79 Å². The van der Waals surface area contributed by atoms with Gasteiger partial charge in [-0.25, -0.2) is 14.2 Å². The van der Waals surface area contributed by atoms with Crippen molar-refractivity contribution in [1.29, 1.82) is 5.26 Å². The van der Waals surface area contributed by atoms with Crippen LogP contribution in [0.25, 0.3) is 0 Å². The minimum atomic E-state index is -0.919. The van der Waals surface area contributed by atoms with Crippen LogP contribution >= 0.6 is 11.6 Å². The van der Waals surface area contributed by atoms with Crippen LogP contribution in [-0.4, -0.2) is 24.8 Å². The van der Waals surface area contributed by atoms with Gasteiger partial charge < -0.3 is 14.8 Å². The Morgan fingerprint density at radius 2 is 1.92 bits per heavy atom. The molecule has 2 amide bonds. The van der Waals surface area contributed by atoms with Gasteiger partial charge in [0.25, 0.3) is 0 Å². The van der Waals surface area contributed by atoms with E-state index in [1.807, 2.05) is 24.3 Å². The topological polar surface area (TPSA) is 101 Å². The highest BCUT2D eigenvalue weighted by molar-refractivity contribution is 6.30. The number of hydrogen-bond donors (Lipinski definition) is 1. The van der Waals surface area contributed by atoms with E-state index in [1.165, 1.54) is 12.1 Å². The maximum atomic E-state index is 13.7. The molecule has 1 aliphatic heterocycles. The molecule has 7 nitrogen and oxygen atoms in total. The maximum absolute atomic E-state index is 13.7. The van der Waals surface area contributed by atoms with Gasteiger partial charge in [0.05, 0.1) is 18.7 Å². The molecular formula is C28H23ClFN3O4. The van der Waals surface area contributed by atoms with Crippen LogP contribution in [0.1, 0.15) is 34.7 Å². The molecule has 0 bridgehead atoms. The molecule has 188 valence electrons. The second kappa shape index (κ2) is 11.7. The minimum Gasteiger partial charge on any atom is -0.497 e. The number of nitriles is 1. The molecule has 0 aliphatic carbocycles. The van der Waals surface area contributed by atoms with E-state index in [0.717, 1.165) is 11.6 Å². The highest BCUT2D eigenvalue weighted by Gasteiger charge is 2.39. The number of hydrogen-bond acceptors (Lipinski definition) is 5. The van der Waals surface area contributed by atoms with Gasteiger partial charge in [0.2, 0.25) is 0 Å². The summed E-state index contributed by atoms with van der Waals surface area (Å²) in [5.74, 6) is -1.49. The maximum Gasteiger partial charge on any atom is 0.341 e. The fourth-order valence-electron chi connectivity index (χ4n) is 4.19. The lowest BCUT2D eigenvalue weighted by Crippen LogP contribution is -2.45. The van der Waals surface area contributed by atoms with Crippen LogP contribution < -0.4 is 10.1 Å². The molecular weight excluding hydrogens is 497 g/mol. The second-order valence-electron chi connectivity index (χ2n) is 8.45. The number of urea groups is 1. The van der Waals surface area contributed by atoms with Crippen molar-refractivity contribution in [3.8, 4) is 11.8 Å². The SMILES string of the molecule is COc1cccc(CCC2=NC(=O)NC(c3cccc(Cl)c3)C2C(=O)OCc2ccc(F)c(C#N)c2)c1. The Kier molecular flexibility index (Phi) is 8.16. The van der Waals surface area contributed by atoms with Crippen LogP contribution in [0, 0.1) is 23.1 Å². The molecule has 1 heterocycles. The van der Waals surface area contributed by atoms with Crippen molar-refractivity contribution in [3.05, 3.63) is 99.8 Å². The summed E-state index contributed by atoms with van der Waals surface area (Å²) in [6.07, 6.45) is 0.839. The number of ether oxygens (including phenoxy) is 2. The third-order valence-electron chi connectivity index (χ3n) is 6.01. The quantitative estimate of drug-likeness (QED) is 0.393. The number of nitrogens with zero attached hydrogens (tertiary/aromatic N) is 2. The van der Waals surface area contributed by atoms with Crippen LogP contribution in [0.3, 0.4) is 0 Å². The minimum absolute atomic E-state index is 0.143. The number of halogens is 2. The van der Waals surface area contributed by atoms with Crippen molar-refractivity contribution in [2.45, 2.75) is 25.5 Å². The first kappa shape index (κ1) is 25.9. The largest absolute Gasteiger partial charge is 0.497 e. The van der Waals surface area contributed by atoms with E-state index < -0.39 is 29.8 Å². The molecule has 4 rings (SSSR count). The predicted molar refractivity (Wildman–Crippen MR) is 136 cm³/mol. The van der Waals surface area contributed by atoms with E-state index >= 15 is 0 Å². The van der Waals surface area contributed by atoms with Crippen LogP contribution in [0.4, 0.5) is 9.18 Å². The lowest BCUT2D eigenvalue weighted by molar-refractivity contribution is -0.148. The average molecular weight is 520 g/mol. The molecule has 37 heavy (non-hydrogen) atoms. The normalized spacial score (nSPS) is 16.8. The Labute approximate surface area is 218 Å². The molecule has 0 fully saturated rings.